The number of rotatable bonds is 2. The minimum Gasteiger partial charge on any atom is -0.369 e. The van der Waals surface area contributed by atoms with Crippen LogP contribution in [0, 0.1) is 0 Å². The van der Waals surface area contributed by atoms with Gasteiger partial charge < -0.3 is 38.2 Å². The zero-order valence-corrected chi connectivity index (χ0v) is 26.2. The van der Waals surface area contributed by atoms with E-state index in [0.717, 1.165) is 0 Å². The van der Waals surface area contributed by atoms with E-state index in [9.17, 15) is 14.5 Å². The van der Waals surface area contributed by atoms with Crippen LogP contribution >= 0.6 is 24.7 Å². The van der Waals surface area contributed by atoms with Crippen LogP contribution in [0.3, 0.4) is 0 Å². The van der Waals surface area contributed by atoms with Crippen LogP contribution in [0.2, 0.25) is 0 Å². The monoisotopic (exact) mass is 690 g/mol. The normalized spacial score (nSPS) is 36.6. The second-order valence-corrected chi connectivity index (χ2v) is 18.1. The minimum atomic E-state index is -3.82. The molecule has 3 saturated heterocycles. The number of imidazole rings is 2. The first-order chi connectivity index (χ1) is 20.5. The third-order valence-corrected chi connectivity index (χ3v) is 11.0. The number of aromatic amines is 1. The lowest BCUT2D eigenvalue weighted by atomic mass is 10.2. The van der Waals surface area contributed by atoms with Crippen molar-refractivity contribution in [1.29, 1.82) is 0 Å². The van der Waals surface area contributed by atoms with Crippen molar-refractivity contribution in [2.45, 2.75) is 56.1 Å². The van der Waals surface area contributed by atoms with Crippen molar-refractivity contribution in [3.8, 4) is 0 Å². The van der Waals surface area contributed by atoms with Crippen LogP contribution in [0.5, 0.6) is 0 Å². The predicted octanol–water partition coefficient (Wildman–Crippen LogP) is 1.65. The fourth-order valence-corrected chi connectivity index (χ4v) is 8.87. The van der Waals surface area contributed by atoms with Gasteiger partial charge in [0.15, 0.2) is 34.7 Å². The Labute approximate surface area is 257 Å². The van der Waals surface area contributed by atoms with E-state index in [2.05, 4.69) is 37.2 Å². The van der Waals surface area contributed by atoms with E-state index in [-0.39, 0.29) is 61.1 Å². The number of H-pyrrole nitrogens is 1. The van der Waals surface area contributed by atoms with Gasteiger partial charge in [-0.05, 0) is 23.6 Å². The minimum absolute atomic E-state index is 0.0552. The summed E-state index contributed by atoms with van der Waals surface area (Å²) in [6.45, 7) is -4.08. The van der Waals surface area contributed by atoms with Crippen molar-refractivity contribution in [1.82, 2.24) is 29.1 Å². The second-order valence-electron chi connectivity index (χ2n) is 10.1. The third kappa shape index (κ3) is 5.80. The number of fused-ring (bicyclic) bond motifs is 5. The van der Waals surface area contributed by atoms with Gasteiger partial charge in [-0.3, -0.25) is 23.7 Å². The smallest absolute Gasteiger partial charge is 0.324 e. The fourth-order valence-electron chi connectivity index (χ4n) is 5.37. The van der Waals surface area contributed by atoms with Crippen molar-refractivity contribution in [3.05, 3.63) is 28.7 Å². The molecule has 2 unspecified atom stereocenters. The van der Waals surface area contributed by atoms with E-state index in [1.54, 1.807) is 4.57 Å². The fraction of sp³-hybridized carbons (Fsp3) is 0.524. The molecule has 7 rings (SSSR count). The number of aromatic nitrogens is 6. The van der Waals surface area contributed by atoms with Gasteiger partial charge in [-0.15, -0.1) is 0 Å². The van der Waals surface area contributed by atoms with E-state index < -0.39 is 54.8 Å². The highest BCUT2D eigenvalue weighted by Crippen LogP contribution is 2.58. The van der Waals surface area contributed by atoms with E-state index in [4.69, 9.17) is 56.9 Å². The van der Waals surface area contributed by atoms with E-state index in [1.165, 1.54) is 23.4 Å². The van der Waals surface area contributed by atoms with Crippen LogP contribution in [-0.4, -0.2) is 83.6 Å². The molecule has 0 amide bonds. The van der Waals surface area contributed by atoms with Crippen LogP contribution in [0.1, 0.15) is 42.2 Å². The first-order valence-corrected chi connectivity index (χ1v) is 19.3. The number of nitrogens with zero attached hydrogens (tertiary/aromatic N) is 6. The van der Waals surface area contributed by atoms with Gasteiger partial charge in [0.2, 0.25) is 11.6 Å². The number of anilines is 1. The number of nitrogens with one attached hydrogen (secondary N) is 1. The van der Waals surface area contributed by atoms with Crippen LogP contribution in [-0.2, 0) is 51.2 Å². The SMILES string of the molecule is Nc1nc2c(ncn2[C@@H]2O[C@@H]3COP(O)(=S)O[C@H]4C[C@H](n5cnc6c5N=CCC6=O)O[C@@H]4COP(=S)(S)O[C@@H]2C3)c(=O)[nH]1. The summed E-state index contributed by atoms with van der Waals surface area (Å²) in [5.41, 5.74) is 2.48. The average molecular weight is 691 g/mol. The maximum atomic E-state index is 12.3. The van der Waals surface area contributed by atoms with Gasteiger partial charge in [-0.1, -0.05) is 12.2 Å². The Morgan fingerprint density at radius 2 is 1.86 bits per heavy atom. The number of nitrogens with two attached hydrogens (primary N) is 1. The molecule has 3 aromatic heterocycles. The molecule has 2 bridgehead atoms. The van der Waals surface area contributed by atoms with Gasteiger partial charge in [-0.25, -0.2) is 15.0 Å². The van der Waals surface area contributed by atoms with E-state index in [0.29, 0.717) is 5.82 Å². The lowest BCUT2D eigenvalue weighted by molar-refractivity contribution is -0.0549. The molecule has 4 N–H and O–H groups in total. The molecule has 0 spiro atoms. The third-order valence-electron chi connectivity index (χ3n) is 7.25. The van der Waals surface area contributed by atoms with Crippen LogP contribution in [0.15, 0.2) is 22.4 Å². The molecule has 17 nitrogen and oxygen atoms in total. The lowest BCUT2D eigenvalue weighted by Gasteiger charge is -2.28. The van der Waals surface area contributed by atoms with Crippen molar-refractivity contribution >= 4 is 83.2 Å². The Hall–Kier alpha value is -1.93. The lowest BCUT2D eigenvalue weighted by Crippen LogP contribution is -2.29. The molecule has 4 aliphatic rings. The van der Waals surface area contributed by atoms with E-state index in [1.807, 2.05) is 0 Å². The Kier molecular flexibility index (Phi) is 7.72. The Bertz CT molecular complexity index is 1800. The molecular weight excluding hydrogens is 666 g/mol. The standard InChI is InChI=1S/C21H24N8O9P2S3/c22-21-26-18-16(19(31)27-21)25-8-29(18)20-12-3-9(35-20)5-33-39(32,41)37-11-4-14(36-13(11)6-34-40(42,43)38-12)28-7-24-15-10(30)1-2-23-17(15)28/h2,7-9,11-14,20H,1,3-6H2,(H,32,41)(H,42,43)(H3,22,26,27,31)/t9-,11-,12+,13+,14+,20+,39?/m0/s1. The first-order valence-electron chi connectivity index (χ1n) is 12.9. The number of nitrogen functional groups attached to an aromatic ring is 1. The first kappa shape index (κ1) is 29.8. The van der Waals surface area contributed by atoms with Crippen molar-refractivity contribution in [2.24, 2.45) is 4.99 Å². The zero-order valence-electron chi connectivity index (χ0n) is 21.9. The van der Waals surface area contributed by atoms with Gasteiger partial charge in [0.25, 0.3) is 5.56 Å². The summed E-state index contributed by atoms with van der Waals surface area (Å²) in [6.07, 6.45) is 0.533. The Balaban J connectivity index is 1.16. The molecular formula is C21H24N8O9P2S3. The number of hydrogen-bond donors (Lipinski definition) is 4. The highest BCUT2D eigenvalue weighted by Gasteiger charge is 2.46. The van der Waals surface area contributed by atoms with Gasteiger partial charge in [0, 0.05) is 25.5 Å². The summed E-state index contributed by atoms with van der Waals surface area (Å²) >= 11 is 15.5. The maximum Gasteiger partial charge on any atom is 0.324 e. The largest absolute Gasteiger partial charge is 0.369 e. The molecule has 0 saturated carbocycles. The predicted molar refractivity (Wildman–Crippen MR) is 160 cm³/mol. The van der Waals surface area contributed by atoms with Crippen LogP contribution in [0.25, 0.3) is 11.2 Å². The van der Waals surface area contributed by atoms with E-state index >= 15 is 0 Å². The molecule has 7 heterocycles. The molecule has 3 fully saturated rings. The van der Waals surface area contributed by atoms with Gasteiger partial charge in [-0.2, -0.15) is 4.98 Å². The number of thiol groups is 1. The summed E-state index contributed by atoms with van der Waals surface area (Å²) in [5.74, 6) is 0.112. The number of carbonyl (C=O) groups excluding carboxylic acids is 1. The molecule has 0 radical (unpaired) electrons. The molecule has 4 aliphatic heterocycles. The summed E-state index contributed by atoms with van der Waals surface area (Å²) in [7, 11) is 0. The number of carbonyl (C=O) groups is 1. The van der Waals surface area contributed by atoms with Crippen molar-refractivity contribution in [3.63, 3.8) is 0 Å². The van der Waals surface area contributed by atoms with Gasteiger partial charge >= 0.3 is 6.72 Å². The molecule has 0 aliphatic carbocycles. The highest BCUT2D eigenvalue weighted by atomic mass is 32.9. The quantitative estimate of drug-likeness (QED) is 0.222. The maximum absolute atomic E-state index is 12.3. The highest BCUT2D eigenvalue weighted by molar-refractivity contribution is 8.60. The summed E-state index contributed by atoms with van der Waals surface area (Å²) in [6, 6.07) is 0. The molecule has 8 atom stereocenters. The second kappa shape index (κ2) is 11.1. The number of Topliss-reactive ketones (excluding diaryl/α,β-unsaturated/α-hetero) is 1. The van der Waals surface area contributed by atoms with Gasteiger partial charge in [0.05, 0.1) is 38.1 Å². The number of ketones is 1. The molecule has 230 valence electrons. The Morgan fingerprint density at radius 1 is 1.05 bits per heavy atom. The van der Waals surface area contributed by atoms with Crippen LogP contribution < -0.4 is 11.3 Å². The molecule has 3 aromatic rings. The zero-order chi connectivity index (χ0) is 30.1. The van der Waals surface area contributed by atoms with Crippen molar-refractivity contribution in [2.75, 3.05) is 18.9 Å². The molecule has 0 aromatic carbocycles. The van der Waals surface area contributed by atoms with Crippen molar-refractivity contribution < 1.29 is 37.3 Å². The topological polar surface area (TPSA) is 212 Å². The number of hydrogen-bond acceptors (Lipinski definition) is 15. The summed E-state index contributed by atoms with van der Waals surface area (Å²) in [5, 5.41) is 0. The average Bonchev–Trinajstić information content (AvgIpc) is 3.71. The summed E-state index contributed by atoms with van der Waals surface area (Å²) < 4.78 is 39.4. The van der Waals surface area contributed by atoms with Crippen LogP contribution in [0.4, 0.5) is 11.8 Å². The molecule has 22 heteroatoms. The Morgan fingerprint density at radius 3 is 2.70 bits per heavy atom. The number of ether oxygens (including phenoxy) is 2. The van der Waals surface area contributed by atoms with Gasteiger partial charge in [0.1, 0.15) is 18.4 Å². The molecule has 43 heavy (non-hydrogen) atoms. The summed E-state index contributed by atoms with van der Waals surface area (Å²) in [4.78, 5) is 54.9. The number of aliphatic imine (C=N–C) groups is 1.